The Bertz CT molecular complexity index is 478. The summed E-state index contributed by atoms with van der Waals surface area (Å²) in [6.45, 7) is 3.72. The highest BCUT2D eigenvalue weighted by Crippen LogP contribution is 2.30. The molecule has 102 valence electrons. The van der Waals surface area contributed by atoms with E-state index < -0.39 is 0 Å². The van der Waals surface area contributed by atoms with Crippen LogP contribution in [-0.4, -0.2) is 23.5 Å². The number of hydrogen-bond donors (Lipinski definition) is 1. The highest BCUT2D eigenvalue weighted by atomic mass is 16.3. The van der Waals surface area contributed by atoms with Gasteiger partial charge in [-0.05, 0) is 30.5 Å². The van der Waals surface area contributed by atoms with Crippen LogP contribution in [0.5, 0.6) is 0 Å². The van der Waals surface area contributed by atoms with E-state index in [9.17, 15) is 9.59 Å². The van der Waals surface area contributed by atoms with Crippen LogP contribution in [0.1, 0.15) is 25.8 Å². The standard InChI is InChI=1S/C15H19NO3/c1-10-11(2)15(19)16(14(10)18)13-7-3-5-12(9-13)6-4-8-17/h3,5,7,9-11,17H,4,6,8H2,1-2H3. The van der Waals surface area contributed by atoms with Crippen molar-refractivity contribution in [1.29, 1.82) is 0 Å². The van der Waals surface area contributed by atoms with Crippen LogP contribution in [0.4, 0.5) is 5.69 Å². The van der Waals surface area contributed by atoms with Gasteiger partial charge in [0.15, 0.2) is 0 Å². The zero-order valence-corrected chi connectivity index (χ0v) is 11.3. The molecule has 19 heavy (non-hydrogen) atoms. The lowest BCUT2D eigenvalue weighted by Crippen LogP contribution is -2.30. The first-order valence-corrected chi connectivity index (χ1v) is 6.64. The number of aliphatic hydroxyl groups excluding tert-OH is 1. The number of amides is 2. The molecule has 1 saturated heterocycles. The third-order valence-corrected chi connectivity index (χ3v) is 3.76. The minimum Gasteiger partial charge on any atom is -0.396 e. The van der Waals surface area contributed by atoms with Crippen molar-refractivity contribution >= 4 is 17.5 Å². The maximum absolute atomic E-state index is 12.1. The summed E-state index contributed by atoms with van der Waals surface area (Å²) in [7, 11) is 0. The molecule has 1 aliphatic rings. The zero-order valence-electron chi connectivity index (χ0n) is 11.3. The van der Waals surface area contributed by atoms with Crippen molar-refractivity contribution in [3.63, 3.8) is 0 Å². The molecule has 1 fully saturated rings. The monoisotopic (exact) mass is 261 g/mol. The number of benzene rings is 1. The van der Waals surface area contributed by atoms with Crippen LogP contribution in [0, 0.1) is 11.8 Å². The van der Waals surface area contributed by atoms with Crippen LogP contribution < -0.4 is 4.90 Å². The predicted octanol–water partition coefficient (Wildman–Crippen LogP) is 1.76. The van der Waals surface area contributed by atoms with Crippen LogP contribution >= 0.6 is 0 Å². The van der Waals surface area contributed by atoms with Gasteiger partial charge in [-0.15, -0.1) is 0 Å². The van der Waals surface area contributed by atoms with Crippen LogP contribution in [0.25, 0.3) is 0 Å². The van der Waals surface area contributed by atoms with E-state index in [0.717, 1.165) is 12.0 Å². The van der Waals surface area contributed by atoms with Gasteiger partial charge in [0, 0.05) is 18.4 Å². The third-order valence-electron chi connectivity index (χ3n) is 3.76. The number of nitrogens with zero attached hydrogens (tertiary/aromatic N) is 1. The molecule has 2 unspecified atom stereocenters. The van der Waals surface area contributed by atoms with Crippen LogP contribution in [0.3, 0.4) is 0 Å². The van der Waals surface area contributed by atoms with Gasteiger partial charge in [-0.25, -0.2) is 0 Å². The van der Waals surface area contributed by atoms with Crippen molar-refractivity contribution in [2.24, 2.45) is 11.8 Å². The molecule has 0 radical (unpaired) electrons. The van der Waals surface area contributed by atoms with Gasteiger partial charge in [-0.1, -0.05) is 26.0 Å². The number of carbonyl (C=O) groups excluding carboxylic acids is 2. The van der Waals surface area contributed by atoms with E-state index in [-0.39, 0.29) is 30.3 Å². The van der Waals surface area contributed by atoms with Gasteiger partial charge in [0.1, 0.15) is 0 Å². The maximum atomic E-state index is 12.1. The molecule has 4 heteroatoms. The lowest BCUT2D eigenvalue weighted by Gasteiger charge is -2.15. The van der Waals surface area contributed by atoms with Crippen molar-refractivity contribution in [3.8, 4) is 0 Å². The summed E-state index contributed by atoms with van der Waals surface area (Å²) < 4.78 is 0. The third kappa shape index (κ3) is 2.54. The fourth-order valence-electron chi connectivity index (χ4n) is 2.33. The summed E-state index contributed by atoms with van der Waals surface area (Å²) in [6.07, 6.45) is 1.42. The Labute approximate surface area is 113 Å². The minimum absolute atomic E-state index is 0.128. The van der Waals surface area contributed by atoms with Crippen molar-refractivity contribution in [2.45, 2.75) is 26.7 Å². The molecule has 0 aliphatic carbocycles. The van der Waals surface area contributed by atoms with E-state index in [1.807, 2.05) is 18.2 Å². The molecule has 1 aromatic carbocycles. The molecule has 2 rings (SSSR count). The number of carbonyl (C=O) groups is 2. The van der Waals surface area contributed by atoms with Gasteiger partial charge in [0.05, 0.1) is 5.69 Å². The van der Waals surface area contributed by atoms with Crippen molar-refractivity contribution in [1.82, 2.24) is 0 Å². The van der Waals surface area contributed by atoms with E-state index in [0.29, 0.717) is 12.1 Å². The van der Waals surface area contributed by atoms with E-state index in [1.165, 1.54) is 4.90 Å². The number of hydrogen-bond acceptors (Lipinski definition) is 3. The molecule has 1 aliphatic heterocycles. The molecule has 1 N–H and O–H groups in total. The number of rotatable bonds is 4. The molecule has 0 saturated carbocycles. The molecule has 0 bridgehead atoms. The van der Waals surface area contributed by atoms with Gasteiger partial charge >= 0.3 is 0 Å². The molecule has 0 spiro atoms. The Balaban J connectivity index is 2.27. The lowest BCUT2D eigenvalue weighted by atomic mass is 10.00. The van der Waals surface area contributed by atoms with Gasteiger partial charge in [-0.2, -0.15) is 0 Å². The molecule has 1 aromatic rings. The largest absolute Gasteiger partial charge is 0.396 e. The van der Waals surface area contributed by atoms with Crippen LogP contribution in [0.2, 0.25) is 0 Å². The van der Waals surface area contributed by atoms with E-state index >= 15 is 0 Å². The van der Waals surface area contributed by atoms with Gasteiger partial charge in [0.25, 0.3) is 0 Å². The Morgan fingerprint density at radius 2 is 1.79 bits per heavy atom. The maximum Gasteiger partial charge on any atom is 0.237 e. The lowest BCUT2D eigenvalue weighted by molar-refractivity contribution is -0.122. The highest BCUT2D eigenvalue weighted by Gasteiger charge is 2.42. The van der Waals surface area contributed by atoms with Crippen molar-refractivity contribution < 1.29 is 14.7 Å². The number of anilines is 1. The molecule has 2 atom stereocenters. The number of aryl methyl sites for hydroxylation is 1. The normalized spacial score (nSPS) is 23.2. The fraction of sp³-hybridized carbons (Fsp3) is 0.467. The second-order valence-electron chi connectivity index (χ2n) is 5.09. The molecule has 4 nitrogen and oxygen atoms in total. The summed E-state index contributed by atoms with van der Waals surface area (Å²) in [5.74, 6) is -0.768. The first-order valence-electron chi connectivity index (χ1n) is 6.64. The average Bonchev–Trinajstić information content (AvgIpc) is 2.61. The van der Waals surface area contributed by atoms with E-state index in [4.69, 9.17) is 5.11 Å². The van der Waals surface area contributed by atoms with Gasteiger partial charge < -0.3 is 5.11 Å². The highest BCUT2D eigenvalue weighted by molar-refractivity contribution is 6.21. The second-order valence-corrected chi connectivity index (χ2v) is 5.09. The second kappa shape index (κ2) is 5.53. The minimum atomic E-state index is -0.256. The summed E-state index contributed by atoms with van der Waals surface area (Å²) in [5.41, 5.74) is 1.67. The molecule has 1 heterocycles. The number of imide groups is 1. The SMILES string of the molecule is CC1C(=O)N(c2cccc(CCCO)c2)C(=O)C1C. The molecule has 0 aromatic heterocycles. The quantitative estimate of drug-likeness (QED) is 0.840. The Hall–Kier alpha value is -1.68. The Kier molecular flexibility index (Phi) is 4.00. The molecule has 2 amide bonds. The Morgan fingerprint density at radius 1 is 1.16 bits per heavy atom. The average molecular weight is 261 g/mol. The van der Waals surface area contributed by atoms with E-state index in [2.05, 4.69) is 0 Å². The van der Waals surface area contributed by atoms with Crippen LogP contribution in [0.15, 0.2) is 24.3 Å². The summed E-state index contributed by atoms with van der Waals surface area (Å²) in [5, 5.41) is 8.84. The smallest absolute Gasteiger partial charge is 0.237 e. The van der Waals surface area contributed by atoms with Gasteiger partial charge in [0.2, 0.25) is 11.8 Å². The first-order chi connectivity index (χ1) is 9.06. The first kappa shape index (κ1) is 13.7. The van der Waals surface area contributed by atoms with Crippen molar-refractivity contribution in [3.05, 3.63) is 29.8 Å². The van der Waals surface area contributed by atoms with Crippen molar-refractivity contribution in [2.75, 3.05) is 11.5 Å². The Morgan fingerprint density at radius 3 is 2.37 bits per heavy atom. The van der Waals surface area contributed by atoms with Gasteiger partial charge in [-0.3, -0.25) is 14.5 Å². The predicted molar refractivity (Wildman–Crippen MR) is 72.7 cm³/mol. The van der Waals surface area contributed by atoms with Crippen LogP contribution in [-0.2, 0) is 16.0 Å². The fourth-order valence-corrected chi connectivity index (χ4v) is 2.33. The summed E-state index contributed by atoms with van der Waals surface area (Å²) in [6, 6.07) is 7.42. The van der Waals surface area contributed by atoms with E-state index in [1.54, 1.807) is 19.9 Å². The number of aliphatic hydroxyl groups is 1. The summed E-state index contributed by atoms with van der Waals surface area (Å²) in [4.78, 5) is 25.5. The topological polar surface area (TPSA) is 57.6 Å². The molecular weight excluding hydrogens is 242 g/mol. The molecular formula is C15H19NO3. The zero-order chi connectivity index (χ0) is 14.0. The summed E-state index contributed by atoms with van der Waals surface area (Å²) >= 11 is 0.